The summed E-state index contributed by atoms with van der Waals surface area (Å²) in [6.45, 7) is 7.81. The van der Waals surface area contributed by atoms with Gasteiger partial charge >= 0.3 is 11.9 Å². The Labute approximate surface area is 412 Å². The van der Waals surface area contributed by atoms with Gasteiger partial charge in [-0.3, -0.25) is 9.59 Å². The second-order valence-electron chi connectivity index (χ2n) is 19.5. The van der Waals surface area contributed by atoms with Crippen LogP contribution in [-0.4, -0.2) is 37.9 Å². The van der Waals surface area contributed by atoms with Crippen molar-refractivity contribution in [2.75, 3.05) is 19.8 Å². The van der Waals surface area contributed by atoms with Crippen LogP contribution < -0.4 is 0 Å². The highest BCUT2D eigenvalue weighted by atomic mass is 16.6. The molecule has 0 aliphatic rings. The molecule has 0 aromatic carbocycles. The van der Waals surface area contributed by atoms with Crippen LogP contribution in [0.2, 0.25) is 0 Å². The molecule has 0 saturated carbocycles. The van der Waals surface area contributed by atoms with Crippen molar-refractivity contribution in [1.29, 1.82) is 0 Å². The van der Waals surface area contributed by atoms with Crippen molar-refractivity contribution in [3.63, 3.8) is 0 Å². The van der Waals surface area contributed by atoms with Crippen LogP contribution in [0.4, 0.5) is 0 Å². The molecule has 1 unspecified atom stereocenters. The van der Waals surface area contributed by atoms with Crippen molar-refractivity contribution < 1.29 is 23.8 Å². The molecule has 0 N–H and O–H groups in total. The van der Waals surface area contributed by atoms with E-state index in [1.165, 1.54) is 212 Å². The average Bonchev–Trinajstić information content (AvgIpc) is 3.32. The largest absolute Gasteiger partial charge is 0.462 e. The first kappa shape index (κ1) is 63.9. The van der Waals surface area contributed by atoms with Gasteiger partial charge in [0.1, 0.15) is 6.61 Å². The van der Waals surface area contributed by atoms with Gasteiger partial charge in [0.15, 0.2) is 6.10 Å². The lowest BCUT2D eigenvalue weighted by atomic mass is 10.0. The van der Waals surface area contributed by atoms with Crippen LogP contribution in [0.15, 0.2) is 48.6 Å². The molecule has 0 spiro atoms. The Bertz CT molecular complexity index is 1090. The molecular weight excluding hydrogens is 813 g/mol. The van der Waals surface area contributed by atoms with E-state index in [9.17, 15) is 9.59 Å². The van der Waals surface area contributed by atoms with E-state index >= 15 is 0 Å². The Kier molecular flexibility index (Phi) is 55.3. The summed E-state index contributed by atoms with van der Waals surface area (Å²) in [5.74, 6) is -0.392. The van der Waals surface area contributed by atoms with Crippen molar-refractivity contribution in [1.82, 2.24) is 0 Å². The highest BCUT2D eigenvalue weighted by Crippen LogP contribution is 2.16. The van der Waals surface area contributed by atoms with Gasteiger partial charge < -0.3 is 14.2 Å². The van der Waals surface area contributed by atoms with Gasteiger partial charge in [-0.05, 0) is 83.5 Å². The molecule has 0 radical (unpaired) electrons. The minimum atomic E-state index is -0.538. The molecule has 0 aromatic rings. The second-order valence-corrected chi connectivity index (χ2v) is 19.5. The zero-order valence-electron chi connectivity index (χ0n) is 44.5. The fraction of sp³-hybridized carbons (Fsp3) is 0.836. The van der Waals surface area contributed by atoms with Gasteiger partial charge in [0.2, 0.25) is 0 Å². The number of hydrogen-bond donors (Lipinski definition) is 0. The lowest BCUT2D eigenvalue weighted by Gasteiger charge is -2.18. The van der Waals surface area contributed by atoms with Crippen molar-refractivity contribution in [3.8, 4) is 0 Å². The van der Waals surface area contributed by atoms with Crippen LogP contribution in [0, 0.1) is 0 Å². The summed E-state index contributed by atoms with van der Waals surface area (Å²) >= 11 is 0. The lowest BCUT2D eigenvalue weighted by Crippen LogP contribution is -2.30. The molecule has 5 heteroatoms. The molecule has 0 aliphatic carbocycles. The van der Waals surface area contributed by atoms with Crippen LogP contribution in [-0.2, 0) is 23.8 Å². The molecule has 1 atom stereocenters. The molecular formula is C61H112O5. The lowest BCUT2D eigenvalue weighted by molar-refractivity contribution is -0.163. The van der Waals surface area contributed by atoms with E-state index in [2.05, 4.69) is 69.4 Å². The Morgan fingerprint density at radius 2 is 0.636 bits per heavy atom. The monoisotopic (exact) mass is 925 g/mol. The number of rotatable bonds is 54. The number of esters is 2. The van der Waals surface area contributed by atoms with E-state index in [0.29, 0.717) is 19.4 Å². The normalized spacial score (nSPS) is 12.5. The highest BCUT2D eigenvalue weighted by molar-refractivity contribution is 5.70. The predicted molar refractivity (Wildman–Crippen MR) is 288 cm³/mol. The smallest absolute Gasteiger partial charge is 0.306 e. The molecule has 5 nitrogen and oxygen atoms in total. The standard InChI is InChI=1S/C61H112O5/c1-4-7-10-13-16-19-22-25-27-29-30-31-33-35-38-41-44-47-50-53-56-64-57-59(66-61(63)55-52-49-46-43-40-36-24-21-18-15-12-9-6-3)58-65-60(62)54-51-48-45-42-39-37-34-32-28-26-23-20-17-14-11-8-5-2/h16-17,19-20,25-28,59H,4-15,18,21-24,29-58H2,1-3H3/b19-16-,20-17-,27-25-,28-26-. The van der Waals surface area contributed by atoms with Crippen molar-refractivity contribution >= 4 is 11.9 Å². The van der Waals surface area contributed by atoms with Crippen LogP contribution in [0.3, 0.4) is 0 Å². The minimum Gasteiger partial charge on any atom is -0.462 e. The van der Waals surface area contributed by atoms with Gasteiger partial charge in [0, 0.05) is 19.4 Å². The van der Waals surface area contributed by atoms with E-state index < -0.39 is 6.10 Å². The number of ether oxygens (including phenoxy) is 3. The van der Waals surface area contributed by atoms with Crippen LogP contribution >= 0.6 is 0 Å². The maximum absolute atomic E-state index is 12.8. The van der Waals surface area contributed by atoms with Crippen molar-refractivity contribution in [2.45, 2.75) is 309 Å². The van der Waals surface area contributed by atoms with E-state index in [4.69, 9.17) is 14.2 Å². The van der Waals surface area contributed by atoms with E-state index in [-0.39, 0.29) is 25.2 Å². The first-order valence-electron chi connectivity index (χ1n) is 29.2. The molecule has 0 fully saturated rings. The van der Waals surface area contributed by atoms with E-state index in [1.807, 2.05) is 0 Å². The summed E-state index contributed by atoms with van der Waals surface area (Å²) in [5.41, 5.74) is 0. The molecule has 0 aromatic heterocycles. The van der Waals surface area contributed by atoms with Crippen LogP contribution in [0.1, 0.15) is 303 Å². The third kappa shape index (κ3) is 54.5. The number of allylic oxidation sites excluding steroid dienone is 8. The Morgan fingerprint density at radius 3 is 1.03 bits per heavy atom. The summed E-state index contributed by atoms with van der Waals surface area (Å²) in [5, 5.41) is 0. The first-order chi connectivity index (χ1) is 32.6. The van der Waals surface area contributed by atoms with Crippen molar-refractivity contribution in [3.05, 3.63) is 48.6 Å². The van der Waals surface area contributed by atoms with E-state index in [1.54, 1.807) is 0 Å². The van der Waals surface area contributed by atoms with E-state index in [0.717, 1.165) is 57.8 Å². The molecule has 0 amide bonds. The number of hydrogen-bond acceptors (Lipinski definition) is 5. The number of carbonyl (C=O) groups excluding carboxylic acids is 2. The highest BCUT2D eigenvalue weighted by Gasteiger charge is 2.17. The van der Waals surface area contributed by atoms with Crippen molar-refractivity contribution in [2.24, 2.45) is 0 Å². The minimum absolute atomic E-state index is 0.0838. The summed E-state index contributed by atoms with van der Waals surface area (Å²) in [4.78, 5) is 25.5. The second kappa shape index (κ2) is 57.2. The molecule has 0 bridgehead atoms. The van der Waals surface area contributed by atoms with Gasteiger partial charge in [-0.2, -0.15) is 0 Å². The maximum Gasteiger partial charge on any atom is 0.306 e. The number of unbranched alkanes of at least 4 members (excludes halogenated alkanes) is 35. The predicted octanol–water partition coefficient (Wildman–Crippen LogP) is 19.9. The first-order valence-corrected chi connectivity index (χ1v) is 29.2. The van der Waals surface area contributed by atoms with Gasteiger partial charge in [-0.15, -0.1) is 0 Å². The zero-order chi connectivity index (χ0) is 47.7. The van der Waals surface area contributed by atoms with Gasteiger partial charge in [-0.25, -0.2) is 0 Å². The molecule has 0 aliphatic heterocycles. The molecule has 0 rings (SSSR count). The van der Waals surface area contributed by atoms with Crippen LogP contribution in [0.5, 0.6) is 0 Å². The fourth-order valence-corrected chi connectivity index (χ4v) is 8.45. The van der Waals surface area contributed by atoms with Gasteiger partial charge in [0.05, 0.1) is 6.61 Å². The molecule has 386 valence electrons. The molecule has 66 heavy (non-hydrogen) atoms. The Morgan fingerprint density at radius 1 is 0.333 bits per heavy atom. The van der Waals surface area contributed by atoms with Gasteiger partial charge in [0.25, 0.3) is 0 Å². The fourth-order valence-electron chi connectivity index (χ4n) is 8.45. The average molecular weight is 926 g/mol. The van der Waals surface area contributed by atoms with Gasteiger partial charge in [-0.1, -0.05) is 256 Å². The number of carbonyl (C=O) groups is 2. The summed E-state index contributed by atoms with van der Waals surface area (Å²) < 4.78 is 17.5. The third-order valence-corrected chi connectivity index (χ3v) is 12.8. The maximum atomic E-state index is 12.8. The third-order valence-electron chi connectivity index (χ3n) is 12.8. The zero-order valence-corrected chi connectivity index (χ0v) is 44.5. The summed E-state index contributed by atoms with van der Waals surface area (Å²) in [7, 11) is 0. The SMILES string of the molecule is CCCCC/C=C\C/C=C\CCCCCCCCCCCCOCC(COC(=O)CCCCCCCCC/C=C\C/C=C\CCCCC)OC(=O)CCCCCCCCCCCCCCC. The Hall–Kier alpha value is -2.14. The summed E-state index contributed by atoms with van der Waals surface area (Å²) in [6, 6.07) is 0. The Balaban J connectivity index is 4.23. The molecule has 0 heterocycles. The summed E-state index contributed by atoms with van der Waals surface area (Å²) in [6.07, 6.45) is 71.3. The quantitative estimate of drug-likeness (QED) is 0.0345. The topological polar surface area (TPSA) is 61.8 Å². The van der Waals surface area contributed by atoms with Crippen LogP contribution in [0.25, 0.3) is 0 Å². The molecule has 0 saturated heterocycles.